The van der Waals surface area contributed by atoms with Crippen LogP contribution in [0.2, 0.25) is 0 Å². The van der Waals surface area contributed by atoms with E-state index in [9.17, 15) is 14.4 Å². The molecule has 1 heterocycles. The quantitative estimate of drug-likeness (QED) is 0.641. The SMILES string of the molecule is NC1=C(NCCN2CCN(c3ccc(C(=O)O)cc3)CC2)C(=O)c2ccccc2C1=O. The minimum absolute atomic E-state index is 0.0293. The van der Waals surface area contributed by atoms with Crippen molar-refractivity contribution in [2.75, 3.05) is 44.2 Å². The number of carbonyl (C=O) groups is 3. The van der Waals surface area contributed by atoms with Crippen LogP contribution in [0.1, 0.15) is 31.1 Å². The number of benzene rings is 2. The summed E-state index contributed by atoms with van der Waals surface area (Å²) in [5, 5.41) is 12.1. The maximum atomic E-state index is 12.7. The predicted molar refractivity (Wildman–Crippen MR) is 116 cm³/mol. The topological polar surface area (TPSA) is 116 Å². The summed E-state index contributed by atoms with van der Waals surface area (Å²) >= 11 is 0. The van der Waals surface area contributed by atoms with Gasteiger partial charge in [0.15, 0.2) is 0 Å². The molecule has 4 rings (SSSR count). The molecule has 2 aromatic carbocycles. The van der Waals surface area contributed by atoms with Gasteiger partial charge in [0.2, 0.25) is 11.6 Å². The largest absolute Gasteiger partial charge is 0.478 e. The summed E-state index contributed by atoms with van der Waals surface area (Å²) in [6.45, 7) is 4.54. The standard InChI is InChI=1S/C23H24N4O4/c24-19-20(22(29)18-4-2-1-3-17(18)21(19)28)25-9-10-26-11-13-27(14-12-26)16-7-5-15(6-8-16)23(30)31/h1-8,25H,9-14,24H2,(H,30,31). The molecule has 1 saturated heterocycles. The van der Waals surface area contributed by atoms with Gasteiger partial charge in [-0.2, -0.15) is 0 Å². The number of aromatic carboxylic acids is 1. The van der Waals surface area contributed by atoms with Crippen LogP contribution in [0.25, 0.3) is 0 Å². The number of allylic oxidation sites excluding steroid dienone is 2. The highest BCUT2D eigenvalue weighted by Gasteiger charge is 2.30. The third-order valence-corrected chi connectivity index (χ3v) is 5.74. The first-order valence-electron chi connectivity index (χ1n) is 10.2. The fourth-order valence-corrected chi connectivity index (χ4v) is 3.95. The van der Waals surface area contributed by atoms with Crippen molar-refractivity contribution >= 4 is 23.2 Å². The van der Waals surface area contributed by atoms with Crippen LogP contribution in [0.5, 0.6) is 0 Å². The highest BCUT2D eigenvalue weighted by Crippen LogP contribution is 2.22. The number of nitrogens with two attached hydrogens (primary N) is 1. The molecule has 160 valence electrons. The molecule has 0 aromatic heterocycles. The van der Waals surface area contributed by atoms with Gasteiger partial charge in [0, 0.05) is 56.1 Å². The molecule has 1 aliphatic heterocycles. The Morgan fingerprint density at radius 3 is 2.16 bits per heavy atom. The van der Waals surface area contributed by atoms with Crippen LogP contribution < -0.4 is 16.0 Å². The Balaban J connectivity index is 1.29. The number of rotatable bonds is 6. The number of fused-ring (bicyclic) bond motifs is 1. The zero-order valence-corrected chi connectivity index (χ0v) is 17.0. The molecule has 4 N–H and O–H groups in total. The predicted octanol–water partition coefficient (Wildman–Crippen LogP) is 1.35. The molecule has 0 saturated carbocycles. The number of carboxylic acids is 1. The van der Waals surface area contributed by atoms with Crippen molar-refractivity contribution in [1.29, 1.82) is 0 Å². The fraction of sp³-hybridized carbons (Fsp3) is 0.261. The molecule has 1 aliphatic carbocycles. The Labute approximate surface area is 179 Å². The van der Waals surface area contributed by atoms with E-state index in [0.717, 1.165) is 31.9 Å². The lowest BCUT2D eigenvalue weighted by atomic mass is 9.90. The lowest BCUT2D eigenvalue weighted by Crippen LogP contribution is -2.48. The van der Waals surface area contributed by atoms with Crippen molar-refractivity contribution in [2.45, 2.75) is 0 Å². The lowest BCUT2D eigenvalue weighted by molar-refractivity contribution is 0.0696. The lowest BCUT2D eigenvalue weighted by Gasteiger charge is -2.36. The summed E-state index contributed by atoms with van der Waals surface area (Å²) in [5.74, 6) is -1.50. The van der Waals surface area contributed by atoms with Gasteiger partial charge in [0.05, 0.1) is 5.56 Å². The number of ketones is 2. The summed E-state index contributed by atoms with van der Waals surface area (Å²) in [5.41, 5.74) is 8.12. The molecular formula is C23H24N4O4. The zero-order valence-electron chi connectivity index (χ0n) is 17.0. The van der Waals surface area contributed by atoms with E-state index in [1.807, 2.05) is 12.1 Å². The van der Waals surface area contributed by atoms with Gasteiger partial charge < -0.3 is 21.1 Å². The Bertz CT molecular complexity index is 1050. The van der Waals surface area contributed by atoms with Crippen molar-refractivity contribution in [1.82, 2.24) is 10.2 Å². The van der Waals surface area contributed by atoms with Gasteiger partial charge >= 0.3 is 5.97 Å². The first kappa shape index (κ1) is 20.6. The van der Waals surface area contributed by atoms with Crippen molar-refractivity contribution in [3.05, 3.63) is 76.6 Å². The van der Waals surface area contributed by atoms with Crippen LogP contribution in [-0.2, 0) is 0 Å². The number of carbonyl (C=O) groups excluding carboxylic acids is 2. The molecular weight excluding hydrogens is 396 g/mol. The number of nitrogens with zero attached hydrogens (tertiary/aromatic N) is 2. The van der Waals surface area contributed by atoms with E-state index in [0.29, 0.717) is 24.2 Å². The van der Waals surface area contributed by atoms with Gasteiger partial charge in [-0.15, -0.1) is 0 Å². The molecule has 0 amide bonds. The van der Waals surface area contributed by atoms with Crippen LogP contribution in [0.3, 0.4) is 0 Å². The number of nitrogens with one attached hydrogen (secondary N) is 1. The van der Waals surface area contributed by atoms with Gasteiger partial charge in [-0.3, -0.25) is 14.5 Å². The maximum Gasteiger partial charge on any atom is 0.335 e. The third-order valence-electron chi connectivity index (χ3n) is 5.74. The van der Waals surface area contributed by atoms with Crippen LogP contribution in [0.15, 0.2) is 59.9 Å². The Hall–Kier alpha value is -3.65. The summed E-state index contributed by atoms with van der Waals surface area (Å²) in [4.78, 5) is 40.6. The Morgan fingerprint density at radius 1 is 0.935 bits per heavy atom. The molecule has 8 heteroatoms. The highest BCUT2D eigenvalue weighted by atomic mass is 16.4. The van der Waals surface area contributed by atoms with E-state index in [1.165, 1.54) is 0 Å². The van der Waals surface area contributed by atoms with Gasteiger partial charge in [-0.25, -0.2) is 4.79 Å². The molecule has 8 nitrogen and oxygen atoms in total. The van der Waals surface area contributed by atoms with Crippen molar-refractivity contribution in [3.8, 4) is 0 Å². The third kappa shape index (κ3) is 4.15. The van der Waals surface area contributed by atoms with Crippen molar-refractivity contribution < 1.29 is 19.5 Å². The second kappa shape index (κ2) is 8.61. The average Bonchev–Trinajstić information content (AvgIpc) is 2.80. The maximum absolute atomic E-state index is 12.7. The highest BCUT2D eigenvalue weighted by molar-refractivity contribution is 6.26. The van der Waals surface area contributed by atoms with E-state index in [4.69, 9.17) is 10.8 Å². The minimum Gasteiger partial charge on any atom is -0.478 e. The number of anilines is 1. The molecule has 0 bridgehead atoms. The molecule has 0 spiro atoms. The van der Waals surface area contributed by atoms with Crippen LogP contribution in [0, 0.1) is 0 Å². The molecule has 0 unspecified atom stereocenters. The normalized spacial score (nSPS) is 17.0. The second-order valence-electron chi connectivity index (χ2n) is 7.60. The molecule has 2 aliphatic rings. The van der Waals surface area contributed by atoms with E-state index in [1.54, 1.807) is 36.4 Å². The van der Waals surface area contributed by atoms with E-state index < -0.39 is 5.97 Å². The molecule has 31 heavy (non-hydrogen) atoms. The fourth-order valence-electron chi connectivity index (χ4n) is 3.95. The summed E-state index contributed by atoms with van der Waals surface area (Å²) in [6, 6.07) is 13.6. The summed E-state index contributed by atoms with van der Waals surface area (Å²) < 4.78 is 0. The van der Waals surface area contributed by atoms with Gasteiger partial charge in [0.1, 0.15) is 11.4 Å². The van der Waals surface area contributed by atoms with Crippen LogP contribution in [-0.4, -0.2) is 66.8 Å². The zero-order chi connectivity index (χ0) is 22.0. The van der Waals surface area contributed by atoms with Crippen LogP contribution in [0.4, 0.5) is 5.69 Å². The molecule has 0 radical (unpaired) electrons. The summed E-state index contributed by atoms with van der Waals surface area (Å²) in [7, 11) is 0. The Kier molecular flexibility index (Phi) is 5.73. The number of hydrogen-bond acceptors (Lipinski definition) is 7. The van der Waals surface area contributed by atoms with Crippen LogP contribution >= 0.6 is 0 Å². The summed E-state index contributed by atoms with van der Waals surface area (Å²) in [6.07, 6.45) is 0. The molecule has 2 aromatic rings. The van der Waals surface area contributed by atoms with E-state index in [-0.39, 0.29) is 28.5 Å². The first-order chi connectivity index (χ1) is 15.0. The number of piperazine rings is 1. The average molecular weight is 420 g/mol. The smallest absolute Gasteiger partial charge is 0.335 e. The Morgan fingerprint density at radius 2 is 1.55 bits per heavy atom. The second-order valence-corrected chi connectivity index (χ2v) is 7.60. The molecule has 0 atom stereocenters. The monoisotopic (exact) mass is 420 g/mol. The number of Topliss-reactive ketones (excluding diaryl/α,β-unsaturated/α-hetero) is 2. The van der Waals surface area contributed by atoms with Crippen molar-refractivity contribution in [3.63, 3.8) is 0 Å². The van der Waals surface area contributed by atoms with E-state index >= 15 is 0 Å². The van der Waals surface area contributed by atoms with Gasteiger partial charge in [-0.1, -0.05) is 24.3 Å². The van der Waals surface area contributed by atoms with Gasteiger partial charge in [0.25, 0.3) is 0 Å². The number of carboxylic acid groups (broad SMARTS) is 1. The number of hydrogen-bond donors (Lipinski definition) is 3. The van der Waals surface area contributed by atoms with Crippen molar-refractivity contribution in [2.24, 2.45) is 5.73 Å². The molecule has 1 fully saturated rings. The van der Waals surface area contributed by atoms with Gasteiger partial charge in [-0.05, 0) is 24.3 Å². The van der Waals surface area contributed by atoms with E-state index in [2.05, 4.69) is 15.1 Å². The first-order valence-corrected chi connectivity index (χ1v) is 10.2. The minimum atomic E-state index is -0.929.